The van der Waals surface area contributed by atoms with Gasteiger partial charge in [0.2, 0.25) is 0 Å². The molecule has 0 bridgehead atoms. The van der Waals surface area contributed by atoms with Crippen molar-refractivity contribution in [1.29, 1.82) is 0 Å². The maximum absolute atomic E-state index is 11.5. The summed E-state index contributed by atoms with van der Waals surface area (Å²) in [5, 5.41) is 1.13. The number of nitrogens with one attached hydrogen (secondary N) is 2. The summed E-state index contributed by atoms with van der Waals surface area (Å²) in [4.78, 5) is 22.3. The number of carbonyl (C=O) groups is 2. The molecule has 16 heavy (non-hydrogen) atoms. The molecule has 1 aliphatic rings. The third kappa shape index (κ3) is 2.12. The summed E-state index contributed by atoms with van der Waals surface area (Å²) in [5.74, 6) is -0.451. The van der Waals surface area contributed by atoms with E-state index in [4.69, 9.17) is 0 Å². The normalized spacial score (nSPS) is 15.3. The lowest BCUT2D eigenvalue weighted by molar-refractivity contribution is -0.144. The minimum atomic E-state index is -0.690. The summed E-state index contributed by atoms with van der Waals surface area (Å²) in [6, 6.07) is 8.06. The van der Waals surface area contributed by atoms with Gasteiger partial charge in [-0.15, -0.1) is 0 Å². The number of esters is 1. The van der Waals surface area contributed by atoms with Crippen LogP contribution in [0.2, 0.25) is 0 Å². The van der Waals surface area contributed by atoms with Crippen molar-refractivity contribution < 1.29 is 14.3 Å². The van der Waals surface area contributed by atoms with Crippen LogP contribution < -0.4 is 10.9 Å². The molecule has 2 amide bonds. The summed E-state index contributed by atoms with van der Waals surface area (Å²) in [5.41, 5.74) is 5.82. The van der Waals surface area contributed by atoms with Crippen molar-refractivity contribution in [2.45, 2.75) is 6.04 Å². The monoisotopic (exact) mass is 221 g/mol. The Hall–Kier alpha value is -2.08. The van der Waals surface area contributed by atoms with E-state index in [2.05, 4.69) is 15.6 Å². The molecule has 2 N–H and O–H groups in total. The number of urea groups is 1. The van der Waals surface area contributed by atoms with Gasteiger partial charge in [-0.05, 0) is 5.56 Å². The summed E-state index contributed by atoms with van der Waals surface area (Å²) in [6.45, 7) is 0. The van der Waals surface area contributed by atoms with Crippen LogP contribution >= 0.6 is 0 Å². The molecule has 6 heteroatoms. The van der Waals surface area contributed by atoms with Gasteiger partial charge in [-0.3, -0.25) is 0 Å². The molecule has 0 aromatic heterocycles. The van der Waals surface area contributed by atoms with E-state index in [1.807, 2.05) is 18.2 Å². The minimum absolute atomic E-state index is 0.273. The first-order valence-corrected chi connectivity index (χ1v) is 4.72. The third-order valence-electron chi connectivity index (χ3n) is 2.19. The molecule has 2 rings (SSSR count). The van der Waals surface area contributed by atoms with Gasteiger partial charge in [-0.1, -0.05) is 30.3 Å². The molecule has 1 aromatic carbocycles. The van der Waals surface area contributed by atoms with Crippen molar-refractivity contribution in [2.75, 3.05) is 7.11 Å². The van der Waals surface area contributed by atoms with Gasteiger partial charge in [0, 0.05) is 0 Å². The second kappa shape index (κ2) is 4.19. The van der Waals surface area contributed by atoms with Crippen LogP contribution in [-0.2, 0) is 9.53 Å². The standard InChI is InChI=1S/C10H11N3O3/c1-16-9(14)8(11-13-10(15)12-13)7-5-3-2-4-6-7/h2-6,8,11H,1H3,(H,12,15). The predicted octanol–water partition coefficient (Wildman–Crippen LogP) is 0.345. The van der Waals surface area contributed by atoms with E-state index in [1.165, 1.54) is 7.11 Å². The van der Waals surface area contributed by atoms with Crippen LogP contribution in [0, 0.1) is 0 Å². The molecule has 0 radical (unpaired) electrons. The molecule has 1 fully saturated rings. The molecule has 6 nitrogen and oxygen atoms in total. The maximum Gasteiger partial charge on any atom is 0.371 e. The molecule has 84 valence electrons. The fourth-order valence-corrected chi connectivity index (χ4v) is 1.32. The van der Waals surface area contributed by atoms with Crippen molar-refractivity contribution in [2.24, 2.45) is 0 Å². The summed E-state index contributed by atoms with van der Waals surface area (Å²) >= 11 is 0. The highest BCUT2D eigenvalue weighted by atomic mass is 16.5. The van der Waals surface area contributed by atoms with Gasteiger partial charge in [-0.25, -0.2) is 15.0 Å². The molecule has 1 unspecified atom stereocenters. The lowest BCUT2D eigenvalue weighted by Gasteiger charge is -2.15. The van der Waals surface area contributed by atoms with Crippen molar-refractivity contribution in [3.63, 3.8) is 0 Å². The van der Waals surface area contributed by atoms with Gasteiger partial charge in [0.1, 0.15) is 0 Å². The van der Waals surface area contributed by atoms with Crippen molar-refractivity contribution >= 4 is 12.0 Å². The van der Waals surface area contributed by atoms with E-state index < -0.39 is 12.0 Å². The predicted molar refractivity (Wildman–Crippen MR) is 54.7 cm³/mol. The molecule has 0 spiro atoms. The molecule has 0 saturated carbocycles. The third-order valence-corrected chi connectivity index (χ3v) is 2.19. The molecule has 1 heterocycles. The Morgan fingerprint density at radius 1 is 1.44 bits per heavy atom. The van der Waals surface area contributed by atoms with E-state index in [1.54, 1.807) is 12.1 Å². The first kappa shape index (κ1) is 10.4. The van der Waals surface area contributed by atoms with E-state index in [0.29, 0.717) is 0 Å². The zero-order chi connectivity index (χ0) is 11.5. The van der Waals surface area contributed by atoms with E-state index in [-0.39, 0.29) is 6.03 Å². The van der Waals surface area contributed by atoms with Crippen LogP contribution in [0.5, 0.6) is 0 Å². The van der Waals surface area contributed by atoms with Gasteiger partial charge in [0.05, 0.1) is 7.11 Å². The largest absolute Gasteiger partial charge is 0.468 e. The van der Waals surface area contributed by atoms with E-state index in [0.717, 1.165) is 10.7 Å². The number of nitrogens with zero attached hydrogens (tertiary/aromatic N) is 1. The first-order valence-electron chi connectivity index (χ1n) is 4.72. The van der Waals surface area contributed by atoms with Crippen molar-refractivity contribution in [1.82, 2.24) is 16.0 Å². The molecule has 1 aliphatic heterocycles. The van der Waals surface area contributed by atoms with Crippen LogP contribution in [0.3, 0.4) is 0 Å². The number of carbonyl (C=O) groups excluding carboxylic acids is 2. The average Bonchev–Trinajstić information content (AvgIpc) is 3.02. The van der Waals surface area contributed by atoms with Crippen LogP contribution in [0.4, 0.5) is 4.79 Å². The smallest absolute Gasteiger partial charge is 0.371 e. The number of ether oxygens (including phenoxy) is 1. The summed E-state index contributed by atoms with van der Waals surface area (Å²) in [7, 11) is 1.30. The Balaban J connectivity index is 2.14. The fourth-order valence-electron chi connectivity index (χ4n) is 1.32. The van der Waals surface area contributed by atoms with E-state index >= 15 is 0 Å². The minimum Gasteiger partial charge on any atom is -0.468 e. The van der Waals surface area contributed by atoms with Crippen LogP contribution in [0.1, 0.15) is 11.6 Å². The summed E-state index contributed by atoms with van der Waals surface area (Å²) < 4.78 is 4.66. The average molecular weight is 221 g/mol. The number of amides is 2. The maximum atomic E-state index is 11.5. The molecular weight excluding hydrogens is 210 g/mol. The first-order chi connectivity index (χ1) is 7.72. The molecule has 1 aromatic rings. The zero-order valence-electron chi connectivity index (χ0n) is 8.64. The number of benzene rings is 1. The van der Waals surface area contributed by atoms with Crippen molar-refractivity contribution in [3.05, 3.63) is 35.9 Å². The Kier molecular flexibility index (Phi) is 2.74. The Morgan fingerprint density at radius 2 is 2.06 bits per heavy atom. The fraction of sp³-hybridized carbons (Fsp3) is 0.200. The van der Waals surface area contributed by atoms with Crippen LogP contribution in [-0.4, -0.2) is 24.2 Å². The van der Waals surface area contributed by atoms with Gasteiger partial charge in [0.25, 0.3) is 0 Å². The van der Waals surface area contributed by atoms with Crippen LogP contribution in [0.25, 0.3) is 0 Å². The van der Waals surface area contributed by atoms with E-state index in [9.17, 15) is 9.59 Å². The highest BCUT2D eigenvalue weighted by Crippen LogP contribution is 2.15. The van der Waals surface area contributed by atoms with Gasteiger partial charge in [-0.2, -0.15) is 10.5 Å². The van der Waals surface area contributed by atoms with Gasteiger partial charge in [0.15, 0.2) is 6.04 Å². The Bertz CT molecular complexity index is 407. The molecule has 1 saturated heterocycles. The quantitative estimate of drug-likeness (QED) is 0.567. The zero-order valence-corrected chi connectivity index (χ0v) is 8.64. The number of hydrogen-bond acceptors (Lipinski definition) is 4. The summed E-state index contributed by atoms with van der Waals surface area (Å²) in [6.07, 6.45) is 0. The lowest BCUT2D eigenvalue weighted by atomic mass is 10.1. The van der Waals surface area contributed by atoms with Crippen molar-refractivity contribution in [3.8, 4) is 0 Å². The SMILES string of the molecule is COC(=O)C(NN1NC1=O)c1ccccc1. The van der Waals surface area contributed by atoms with Gasteiger partial charge >= 0.3 is 12.0 Å². The highest BCUT2D eigenvalue weighted by Gasteiger charge is 2.35. The topological polar surface area (TPSA) is 80.3 Å². The number of hydrogen-bond donors (Lipinski definition) is 2. The molecule has 1 atom stereocenters. The highest BCUT2D eigenvalue weighted by molar-refractivity contribution is 5.86. The number of rotatable bonds is 4. The van der Waals surface area contributed by atoms with Crippen LogP contribution in [0.15, 0.2) is 30.3 Å². The Labute approximate surface area is 92.1 Å². The Morgan fingerprint density at radius 3 is 2.56 bits per heavy atom. The molecule has 0 aliphatic carbocycles. The number of hydrazine groups is 2. The number of methoxy groups -OCH3 is 1. The lowest BCUT2D eigenvalue weighted by Crippen LogP contribution is -2.35. The van der Waals surface area contributed by atoms with Gasteiger partial charge < -0.3 is 4.74 Å². The molecular formula is C10H11N3O3. The second-order valence-electron chi connectivity index (χ2n) is 3.25. The second-order valence-corrected chi connectivity index (χ2v) is 3.25.